The lowest BCUT2D eigenvalue weighted by Crippen LogP contribution is -2.37. The van der Waals surface area contributed by atoms with Gasteiger partial charge in [-0.1, -0.05) is 17.8 Å². The smallest absolute Gasteiger partial charge is 0.319 e. The number of thiophene rings is 1. The molecule has 1 aliphatic rings. The molecule has 0 aliphatic heterocycles. The van der Waals surface area contributed by atoms with E-state index in [1.54, 1.807) is 36.3 Å². The van der Waals surface area contributed by atoms with Crippen molar-refractivity contribution in [1.82, 2.24) is 14.8 Å². The Balaban J connectivity index is 1.57. The van der Waals surface area contributed by atoms with Crippen LogP contribution in [0.4, 0.5) is 0 Å². The van der Waals surface area contributed by atoms with Gasteiger partial charge in [0.15, 0.2) is 5.16 Å². The quantitative estimate of drug-likeness (QED) is 0.369. The number of hydrogen-bond donors (Lipinski definition) is 0. The molecule has 6 nitrogen and oxygen atoms in total. The standard InChI is InChI=1S/C18H23N3O3S2/c1-2-24-16(23)18(8-3-6-15(18)22)9-12-26-17-20-19-13-21(17)10-7-14-5-4-11-25-14/h4-5,11,13H,2-3,6-10,12H2,1H3/t18-/m1/s1. The lowest BCUT2D eigenvalue weighted by molar-refractivity contribution is -0.158. The van der Waals surface area contributed by atoms with Crippen molar-refractivity contribution in [1.29, 1.82) is 0 Å². The molecule has 2 aromatic heterocycles. The number of esters is 1. The molecule has 3 rings (SSSR count). The molecule has 1 atom stereocenters. The van der Waals surface area contributed by atoms with Crippen molar-refractivity contribution in [3.8, 4) is 0 Å². The molecule has 2 heterocycles. The van der Waals surface area contributed by atoms with E-state index in [0.717, 1.165) is 24.5 Å². The topological polar surface area (TPSA) is 74.1 Å². The van der Waals surface area contributed by atoms with Crippen molar-refractivity contribution in [3.05, 3.63) is 28.7 Å². The molecular weight excluding hydrogens is 370 g/mol. The highest BCUT2D eigenvalue weighted by atomic mass is 32.2. The zero-order valence-corrected chi connectivity index (χ0v) is 16.5. The molecule has 1 fully saturated rings. The van der Waals surface area contributed by atoms with E-state index in [2.05, 4.69) is 27.7 Å². The van der Waals surface area contributed by atoms with Crippen LogP contribution in [0.25, 0.3) is 0 Å². The number of nitrogens with zero attached hydrogens (tertiary/aromatic N) is 3. The van der Waals surface area contributed by atoms with E-state index in [-0.39, 0.29) is 11.8 Å². The second-order valence-corrected chi connectivity index (χ2v) is 8.41. The number of aryl methyl sites for hydroxylation is 2. The van der Waals surface area contributed by atoms with Crippen molar-refractivity contribution in [2.75, 3.05) is 12.4 Å². The highest BCUT2D eigenvalue weighted by Crippen LogP contribution is 2.40. The highest BCUT2D eigenvalue weighted by Gasteiger charge is 2.49. The summed E-state index contributed by atoms with van der Waals surface area (Å²) in [6, 6.07) is 4.17. The number of ketones is 1. The second-order valence-electron chi connectivity index (χ2n) is 6.31. The lowest BCUT2D eigenvalue weighted by Gasteiger charge is -2.24. The van der Waals surface area contributed by atoms with E-state index in [1.807, 2.05) is 4.57 Å². The summed E-state index contributed by atoms with van der Waals surface area (Å²) in [5, 5.41) is 11.1. The minimum Gasteiger partial charge on any atom is -0.465 e. The van der Waals surface area contributed by atoms with Crippen molar-refractivity contribution < 1.29 is 14.3 Å². The third-order valence-electron chi connectivity index (χ3n) is 4.73. The fraction of sp³-hybridized carbons (Fsp3) is 0.556. The summed E-state index contributed by atoms with van der Waals surface area (Å²) in [6.45, 7) is 2.89. The monoisotopic (exact) mass is 393 g/mol. The van der Waals surface area contributed by atoms with Crippen LogP contribution in [0.2, 0.25) is 0 Å². The molecule has 0 spiro atoms. The Morgan fingerprint density at radius 3 is 3.08 bits per heavy atom. The van der Waals surface area contributed by atoms with Crippen molar-refractivity contribution in [2.24, 2.45) is 5.41 Å². The molecule has 140 valence electrons. The second kappa shape index (κ2) is 8.81. The molecule has 0 unspecified atom stereocenters. The van der Waals surface area contributed by atoms with Crippen LogP contribution in [-0.2, 0) is 27.3 Å². The van der Waals surface area contributed by atoms with Gasteiger partial charge in [-0.2, -0.15) is 0 Å². The molecule has 0 bridgehead atoms. The summed E-state index contributed by atoms with van der Waals surface area (Å²) in [4.78, 5) is 26.1. The van der Waals surface area contributed by atoms with E-state index in [1.165, 1.54) is 4.88 Å². The summed E-state index contributed by atoms with van der Waals surface area (Å²) >= 11 is 3.29. The first-order valence-electron chi connectivity index (χ1n) is 8.89. The number of carbonyl (C=O) groups excluding carboxylic acids is 2. The van der Waals surface area contributed by atoms with Crippen LogP contribution < -0.4 is 0 Å². The van der Waals surface area contributed by atoms with E-state index in [9.17, 15) is 9.59 Å². The summed E-state index contributed by atoms with van der Waals surface area (Å²) in [6.07, 6.45) is 5.00. The first-order chi connectivity index (χ1) is 12.7. The van der Waals surface area contributed by atoms with Gasteiger partial charge in [0.2, 0.25) is 0 Å². The zero-order valence-electron chi connectivity index (χ0n) is 14.8. The fourth-order valence-electron chi connectivity index (χ4n) is 3.29. The Morgan fingerprint density at radius 2 is 2.38 bits per heavy atom. The van der Waals surface area contributed by atoms with Crippen LogP contribution in [0.5, 0.6) is 0 Å². The van der Waals surface area contributed by atoms with Crippen LogP contribution in [0, 0.1) is 5.41 Å². The molecule has 26 heavy (non-hydrogen) atoms. The Morgan fingerprint density at radius 1 is 1.50 bits per heavy atom. The van der Waals surface area contributed by atoms with Gasteiger partial charge in [-0.3, -0.25) is 9.59 Å². The first-order valence-corrected chi connectivity index (χ1v) is 10.8. The molecular formula is C18H23N3O3S2. The molecule has 1 aliphatic carbocycles. The van der Waals surface area contributed by atoms with Gasteiger partial charge in [0.05, 0.1) is 6.61 Å². The Bertz CT molecular complexity index is 745. The third-order valence-corrected chi connectivity index (χ3v) is 6.65. The van der Waals surface area contributed by atoms with Crippen molar-refractivity contribution in [2.45, 2.75) is 50.7 Å². The summed E-state index contributed by atoms with van der Waals surface area (Å²) in [5.41, 5.74) is -0.954. The molecule has 0 amide bonds. The molecule has 0 saturated heterocycles. The lowest BCUT2D eigenvalue weighted by atomic mass is 9.82. The van der Waals surface area contributed by atoms with Crippen molar-refractivity contribution in [3.63, 3.8) is 0 Å². The van der Waals surface area contributed by atoms with Crippen LogP contribution in [-0.4, -0.2) is 38.9 Å². The summed E-state index contributed by atoms with van der Waals surface area (Å²) in [7, 11) is 0. The van der Waals surface area contributed by atoms with Gasteiger partial charge in [0.1, 0.15) is 17.5 Å². The van der Waals surface area contributed by atoms with Crippen molar-refractivity contribution >= 4 is 34.9 Å². The Hall–Kier alpha value is -1.67. The van der Waals surface area contributed by atoms with Crippen LogP contribution >= 0.6 is 23.1 Å². The SMILES string of the molecule is CCOC(=O)[C@@]1(CCSc2nncn2CCc2cccs2)CCCC1=O. The predicted molar refractivity (Wildman–Crippen MR) is 101 cm³/mol. The van der Waals surface area contributed by atoms with Gasteiger partial charge in [0, 0.05) is 23.6 Å². The summed E-state index contributed by atoms with van der Waals surface area (Å²) < 4.78 is 7.22. The predicted octanol–water partition coefficient (Wildman–Crippen LogP) is 3.37. The van der Waals surface area contributed by atoms with Gasteiger partial charge in [0.25, 0.3) is 0 Å². The number of rotatable bonds is 9. The minimum absolute atomic E-state index is 0.0238. The van der Waals surface area contributed by atoms with Crippen LogP contribution in [0.3, 0.4) is 0 Å². The maximum Gasteiger partial charge on any atom is 0.319 e. The van der Waals surface area contributed by atoms with Gasteiger partial charge < -0.3 is 9.30 Å². The van der Waals surface area contributed by atoms with Gasteiger partial charge in [-0.15, -0.1) is 21.5 Å². The Labute approximate surface area is 161 Å². The van der Waals surface area contributed by atoms with E-state index in [0.29, 0.717) is 31.6 Å². The average molecular weight is 394 g/mol. The zero-order chi connectivity index (χ0) is 18.4. The third kappa shape index (κ3) is 4.17. The normalized spacial score (nSPS) is 19.8. The number of Topliss-reactive ketones (excluding diaryl/α,β-unsaturated/α-hetero) is 1. The molecule has 1 saturated carbocycles. The first kappa shape index (κ1) is 19.1. The fourth-order valence-corrected chi connectivity index (χ4v) is 5.03. The summed E-state index contributed by atoms with van der Waals surface area (Å²) in [5.74, 6) is 0.306. The van der Waals surface area contributed by atoms with Gasteiger partial charge >= 0.3 is 5.97 Å². The maximum absolute atomic E-state index is 12.4. The Kier molecular flexibility index (Phi) is 6.48. The molecule has 0 aromatic carbocycles. The molecule has 8 heteroatoms. The van der Waals surface area contributed by atoms with E-state index >= 15 is 0 Å². The number of thioether (sulfide) groups is 1. The number of hydrogen-bond acceptors (Lipinski definition) is 7. The number of carbonyl (C=O) groups is 2. The number of ether oxygens (including phenoxy) is 1. The molecule has 0 radical (unpaired) electrons. The average Bonchev–Trinajstić information content (AvgIpc) is 3.36. The maximum atomic E-state index is 12.4. The van der Waals surface area contributed by atoms with Crippen LogP contribution in [0.1, 0.15) is 37.5 Å². The van der Waals surface area contributed by atoms with Crippen LogP contribution in [0.15, 0.2) is 29.0 Å². The highest BCUT2D eigenvalue weighted by molar-refractivity contribution is 7.99. The molecule has 2 aromatic rings. The van der Waals surface area contributed by atoms with Gasteiger partial charge in [-0.05, 0) is 44.1 Å². The number of aromatic nitrogens is 3. The molecule has 0 N–H and O–H groups in total. The minimum atomic E-state index is -0.954. The van der Waals surface area contributed by atoms with E-state index < -0.39 is 5.41 Å². The van der Waals surface area contributed by atoms with Gasteiger partial charge in [-0.25, -0.2) is 0 Å². The van der Waals surface area contributed by atoms with E-state index in [4.69, 9.17) is 4.74 Å². The largest absolute Gasteiger partial charge is 0.465 e.